The van der Waals surface area contributed by atoms with Crippen LogP contribution in [0, 0.1) is 0 Å². The van der Waals surface area contributed by atoms with Gasteiger partial charge >= 0.3 is 0 Å². The summed E-state index contributed by atoms with van der Waals surface area (Å²) < 4.78 is 16.0. The van der Waals surface area contributed by atoms with Crippen molar-refractivity contribution in [1.29, 1.82) is 0 Å². The molecule has 2 aromatic rings. The normalized spacial score (nSPS) is 13.8. The van der Waals surface area contributed by atoms with E-state index in [1.165, 1.54) is 20.3 Å². The van der Waals surface area contributed by atoms with E-state index in [0.29, 0.717) is 23.6 Å². The number of phenols is 1. The molecular weight excluding hydrogens is 370 g/mol. The number of carbonyl (C=O) groups excluding carboxylic acids is 1. The molecule has 1 aliphatic rings. The average molecular weight is 395 g/mol. The van der Waals surface area contributed by atoms with Crippen LogP contribution in [0.2, 0.25) is 0 Å². The van der Waals surface area contributed by atoms with Gasteiger partial charge in [-0.2, -0.15) is 0 Å². The molecule has 0 aliphatic carbocycles. The van der Waals surface area contributed by atoms with Crippen LogP contribution in [-0.4, -0.2) is 45.3 Å². The number of ketones is 1. The lowest BCUT2D eigenvalue weighted by Gasteiger charge is -2.20. The van der Waals surface area contributed by atoms with Crippen molar-refractivity contribution in [1.82, 2.24) is 5.32 Å². The van der Waals surface area contributed by atoms with E-state index in [9.17, 15) is 9.90 Å². The summed E-state index contributed by atoms with van der Waals surface area (Å²) in [4.78, 5) is 13.0. The Kier molecular flexibility index (Phi) is 6.57. The first kappa shape index (κ1) is 20.5. The van der Waals surface area contributed by atoms with Gasteiger partial charge in [0.1, 0.15) is 28.6 Å². The number of phenolic OH excluding ortho intramolecular Hbond substituents is 1. The molecule has 152 valence electrons. The van der Waals surface area contributed by atoms with Gasteiger partial charge in [-0.1, -0.05) is 24.3 Å². The van der Waals surface area contributed by atoms with E-state index < -0.39 is 0 Å². The molecule has 6 heteroatoms. The molecule has 0 spiro atoms. The Hall–Kier alpha value is -3.25. The first-order valence-corrected chi connectivity index (χ1v) is 9.33. The maximum atomic E-state index is 13.0. The molecule has 1 heterocycles. The van der Waals surface area contributed by atoms with Gasteiger partial charge in [0.25, 0.3) is 0 Å². The van der Waals surface area contributed by atoms with Gasteiger partial charge in [-0.15, -0.1) is 0 Å². The monoisotopic (exact) mass is 395 g/mol. The molecule has 2 N–H and O–H groups in total. The van der Waals surface area contributed by atoms with Gasteiger partial charge in [0.15, 0.2) is 5.78 Å². The molecule has 1 aliphatic heterocycles. The van der Waals surface area contributed by atoms with Crippen molar-refractivity contribution >= 4 is 17.4 Å². The van der Waals surface area contributed by atoms with E-state index >= 15 is 0 Å². The Morgan fingerprint density at radius 2 is 1.90 bits per heavy atom. The van der Waals surface area contributed by atoms with Crippen molar-refractivity contribution < 1.29 is 24.1 Å². The van der Waals surface area contributed by atoms with E-state index in [1.807, 2.05) is 30.3 Å². The molecule has 2 aromatic carbocycles. The van der Waals surface area contributed by atoms with Crippen LogP contribution in [0.25, 0.3) is 11.6 Å². The minimum absolute atomic E-state index is 0.113. The van der Waals surface area contributed by atoms with Crippen LogP contribution in [0.15, 0.2) is 42.5 Å². The molecule has 6 nitrogen and oxygen atoms in total. The molecule has 0 fully saturated rings. The molecule has 0 aromatic heterocycles. The topological polar surface area (TPSA) is 77.0 Å². The summed E-state index contributed by atoms with van der Waals surface area (Å²) in [5.41, 5.74) is 2.40. The molecule has 0 radical (unpaired) electrons. The van der Waals surface area contributed by atoms with Gasteiger partial charge in [-0.3, -0.25) is 4.79 Å². The average Bonchev–Trinajstić information content (AvgIpc) is 2.77. The van der Waals surface area contributed by atoms with Gasteiger partial charge in [0.05, 0.1) is 26.9 Å². The first-order chi connectivity index (χ1) is 14.1. The summed E-state index contributed by atoms with van der Waals surface area (Å²) in [6.07, 6.45) is 5.81. The fourth-order valence-electron chi connectivity index (χ4n) is 3.34. The second-order valence-corrected chi connectivity index (χ2v) is 6.54. The highest BCUT2D eigenvalue weighted by molar-refractivity contribution is 6.11. The molecule has 0 saturated carbocycles. The second-order valence-electron chi connectivity index (χ2n) is 6.54. The zero-order valence-corrected chi connectivity index (χ0v) is 16.8. The maximum Gasteiger partial charge on any atom is 0.193 e. The number of methoxy groups -OCH3 is 3. The Labute approximate surface area is 170 Å². The van der Waals surface area contributed by atoms with Crippen molar-refractivity contribution in [3.63, 3.8) is 0 Å². The minimum Gasteiger partial charge on any atom is -0.506 e. The van der Waals surface area contributed by atoms with Crippen LogP contribution in [0.4, 0.5) is 0 Å². The maximum absolute atomic E-state index is 13.0. The lowest BCUT2D eigenvalue weighted by atomic mass is 9.93. The number of nitrogens with one attached hydrogen (secondary N) is 1. The van der Waals surface area contributed by atoms with Crippen LogP contribution in [0.3, 0.4) is 0 Å². The summed E-state index contributed by atoms with van der Waals surface area (Å²) in [7, 11) is 4.58. The Bertz CT molecular complexity index is 962. The van der Waals surface area contributed by atoms with Gasteiger partial charge in [0.2, 0.25) is 0 Å². The number of ether oxygens (including phenoxy) is 3. The van der Waals surface area contributed by atoms with Gasteiger partial charge in [0, 0.05) is 12.6 Å². The molecular formula is C23H25NO5. The zero-order chi connectivity index (χ0) is 20.8. The lowest BCUT2D eigenvalue weighted by molar-refractivity contribution is 0.104. The van der Waals surface area contributed by atoms with Crippen LogP contribution >= 0.6 is 0 Å². The number of rotatable bonds is 7. The summed E-state index contributed by atoms with van der Waals surface area (Å²) in [5, 5.41) is 14.3. The largest absolute Gasteiger partial charge is 0.506 e. The minimum atomic E-state index is -0.361. The fraction of sp³-hybridized carbons (Fsp3) is 0.261. The highest BCUT2D eigenvalue weighted by atomic mass is 16.5. The first-order valence-electron chi connectivity index (χ1n) is 9.33. The van der Waals surface area contributed by atoms with Crippen molar-refractivity contribution in [2.45, 2.75) is 6.42 Å². The van der Waals surface area contributed by atoms with E-state index in [-0.39, 0.29) is 22.8 Å². The number of aromatic hydroxyl groups is 1. The zero-order valence-electron chi connectivity index (χ0n) is 16.8. The number of benzene rings is 2. The molecule has 3 rings (SSSR count). The SMILES string of the molecule is COc1cccc(/C=C/C(=O)c2c(OC)cc(OC)c(C3=CCNCC3)c2O)c1. The van der Waals surface area contributed by atoms with E-state index in [1.54, 1.807) is 19.3 Å². The molecule has 0 unspecified atom stereocenters. The molecule has 0 bridgehead atoms. The van der Waals surface area contributed by atoms with Gasteiger partial charge in [-0.05, 0) is 42.3 Å². The number of hydrogen-bond donors (Lipinski definition) is 2. The summed E-state index contributed by atoms with van der Waals surface area (Å²) in [6.45, 7) is 1.49. The summed E-state index contributed by atoms with van der Waals surface area (Å²) in [5.74, 6) is 0.943. The third-order valence-electron chi connectivity index (χ3n) is 4.82. The lowest BCUT2D eigenvalue weighted by Crippen LogP contribution is -2.20. The van der Waals surface area contributed by atoms with Crippen LogP contribution < -0.4 is 19.5 Å². The molecule has 0 atom stereocenters. The van der Waals surface area contributed by atoms with Crippen LogP contribution in [0.1, 0.15) is 27.9 Å². The van der Waals surface area contributed by atoms with Crippen molar-refractivity contribution in [3.05, 3.63) is 59.2 Å². The Balaban J connectivity index is 2.03. The predicted octanol–water partition coefficient (Wildman–Crippen LogP) is 3.69. The van der Waals surface area contributed by atoms with Crippen molar-refractivity contribution in [3.8, 4) is 23.0 Å². The molecule has 29 heavy (non-hydrogen) atoms. The van der Waals surface area contributed by atoms with Crippen molar-refractivity contribution in [2.24, 2.45) is 0 Å². The van der Waals surface area contributed by atoms with Gasteiger partial charge < -0.3 is 24.6 Å². The van der Waals surface area contributed by atoms with Crippen LogP contribution in [0.5, 0.6) is 23.0 Å². The van der Waals surface area contributed by atoms with E-state index in [4.69, 9.17) is 14.2 Å². The number of allylic oxidation sites excluding steroid dienone is 1. The number of carbonyl (C=O) groups is 1. The quantitative estimate of drug-likeness (QED) is 0.550. The third-order valence-corrected chi connectivity index (χ3v) is 4.82. The number of hydrogen-bond acceptors (Lipinski definition) is 6. The third kappa shape index (κ3) is 4.43. The van der Waals surface area contributed by atoms with Gasteiger partial charge in [-0.25, -0.2) is 0 Å². The second kappa shape index (κ2) is 9.30. The smallest absolute Gasteiger partial charge is 0.193 e. The highest BCUT2D eigenvalue weighted by Gasteiger charge is 2.25. The van der Waals surface area contributed by atoms with Crippen LogP contribution in [-0.2, 0) is 0 Å². The highest BCUT2D eigenvalue weighted by Crippen LogP contribution is 2.43. The summed E-state index contributed by atoms with van der Waals surface area (Å²) >= 11 is 0. The Morgan fingerprint density at radius 1 is 1.10 bits per heavy atom. The Morgan fingerprint density at radius 3 is 2.55 bits per heavy atom. The van der Waals surface area contributed by atoms with E-state index in [0.717, 1.165) is 24.1 Å². The summed E-state index contributed by atoms with van der Waals surface area (Å²) in [6, 6.07) is 9.00. The fourth-order valence-corrected chi connectivity index (χ4v) is 3.34. The molecule has 0 saturated heterocycles. The standard InChI is InChI=1S/C23H25NO5/c1-27-17-6-4-5-15(13-17)7-8-18(25)22-20(29-3)14-19(28-2)21(23(22)26)16-9-11-24-12-10-16/h4-9,13-14,24,26H,10-12H2,1-3H3/b8-7+. The predicted molar refractivity (Wildman–Crippen MR) is 113 cm³/mol. The molecule has 0 amide bonds. The van der Waals surface area contributed by atoms with Crippen molar-refractivity contribution in [2.75, 3.05) is 34.4 Å². The van der Waals surface area contributed by atoms with E-state index in [2.05, 4.69) is 5.32 Å².